The largest absolute Gasteiger partial charge is 0.365 e. The SMILES string of the molecule is Cn1nc(NCc2cccc(Cl)c2)cc1Cc1c[nH]c2ncc(F)cc12. The number of hydrogen-bond donors (Lipinski definition) is 2. The molecule has 3 aromatic heterocycles. The number of benzene rings is 1. The van der Waals surface area contributed by atoms with Crippen LogP contribution in [0.15, 0.2) is 48.8 Å². The fourth-order valence-electron chi connectivity index (χ4n) is 2.97. The number of hydrogen-bond acceptors (Lipinski definition) is 3. The maximum Gasteiger partial charge on any atom is 0.148 e. The van der Waals surface area contributed by atoms with Gasteiger partial charge in [-0.2, -0.15) is 5.10 Å². The number of halogens is 2. The van der Waals surface area contributed by atoms with Crippen molar-refractivity contribution in [3.63, 3.8) is 0 Å². The van der Waals surface area contributed by atoms with E-state index in [9.17, 15) is 4.39 Å². The fourth-order valence-corrected chi connectivity index (χ4v) is 3.18. The molecule has 132 valence electrons. The molecule has 4 aromatic rings. The van der Waals surface area contributed by atoms with Crippen LogP contribution in [-0.2, 0) is 20.0 Å². The van der Waals surface area contributed by atoms with Gasteiger partial charge in [-0.3, -0.25) is 4.68 Å². The van der Waals surface area contributed by atoms with Crippen molar-refractivity contribution in [2.75, 3.05) is 5.32 Å². The van der Waals surface area contributed by atoms with Crippen LogP contribution in [-0.4, -0.2) is 19.7 Å². The molecule has 0 unspecified atom stereocenters. The molecule has 2 N–H and O–H groups in total. The molecule has 0 aliphatic rings. The van der Waals surface area contributed by atoms with Crippen LogP contribution in [0.3, 0.4) is 0 Å². The first kappa shape index (κ1) is 16.6. The summed E-state index contributed by atoms with van der Waals surface area (Å²) in [5.41, 5.74) is 3.77. The molecule has 0 atom stereocenters. The lowest BCUT2D eigenvalue weighted by Gasteiger charge is -2.03. The van der Waals surface area contributed by atoms with Gasteiger partial charge in [0.05, 0.1) is 6.20 Å². The van der Waals surface area contributed by atoms with Gasteiger partial charge in [0.2, 0.25) is 0 Å². The highest BCUT2D eigenvalue weighted by atomic mass is 35.5. The summed E-state index contributed by atoms with van der Waals surface area (Å²) >= 11 is 6.01. The average molecular weight is 370 g/mol. The van der Waals surface area contributed by atoms with E-state index in [0.29, 0.717) is 23.6 Å². The lowest BCUT2D eigenvalue weighted by Crippen LogP contribution is -2.01. The molecule has 0 bridgehead atoms. The van der Waals surface area contributed by atoms with Crippen LogP contribution in [0, 0.1) is 5.82 Å². The lowest BCUT2D eigenvalue weighted by molar-refractivity contribution is 0.624. The number of pyridine rings is 1. The predicted octanol–water partition coefficient (Wildman–Crippen LogP) is 4.29. The molecule has 26 heavy (non-hydrogen) atoms. The maximum atomic E-state index is 13.5. The number of aryl methyl sites for hydroxylation is 1. The zero-order chi connectivity index (χ0) is 18.1. The Morgan fingerprint density at radius 2 is 2.15 bits per heavy atom. The summed E-state index contributed by atoms with van der Waals surface area (Å²) in [4.78, 5) is 7.14. The van der Waals surface area contributed by atoms with Crippen LogP contribution >= 0.6 is 11.6 Å². The quantitative estimate of drug-likeness (QED) is 0.551. The number of H-pyrrole nitrogens is 1. The van der Waals surface area contributed by atoms with Gasteiger partial charge < -0.3 is 10.3 Å². The topological polar surface area (TPSA) is 58.5 Å². The summed E-state index contributed by atoms with van der Waals surface area (Å²) < 4.78 is 15.3. The first-order valence-corrected chi connectivity index (χ1v) is 8.59. The lowest BCUT2D eigenvalue weighted by atomic mass is 10.1. The van der Waals surface area contributed by atoms with E-state index >= 15 is 0 Å². The van der Waals surface area contributed by atoms with Crippen LogP contribution in [0.2, 0.25) is 5.02 Å². The van der Waals surface area contributed by atoms with Crippen molar-refractivity contribution in [3.05, 3.63) is 76.5 Å². The van der Waals surface area contributed by atoms with Crippen molar-refractivity contribution in [2.45, 2.75) is 13.0 Å². The van der Waals surface area contributed by atoms with Gasteiger partial charge in [-0.15, -0.1) is 0 Å². The Morgan fingerprint density at radius 1 is 1.27 bits per heavy atom. The summed E-state index contributed by atoms with van der Waals surface area (Å²) in [5.74, 6) is 0.443. The number of rotatable bonds is 5. The normalized spacial score (nSPS) is 11.2. The van der Waals surface area contributed by atoms with Crippen LogP contribution in [0.1, 0.15) is 16.8 Å². The maximum absolute atomic E-state index is 13.5. The molecular formula is C19H17ClFN5. The van der Waals surface area contributed by atoms with E-state index in [2.05, 4.69) is 20.4 Å². The minimum absolute atomic E-state index is 0.341. The number of aromatic nitrogens is 4. The standard InChI is InChI=1S/C19H17ClFN5/c1-26-16(6-13-10-23-19-17(13)7-15(21)11-24-19)8-18(25-26)22-9-12-3-2-4-14(20)5-12/h2-5,7-8,10-11H,6,9H2,1H3,(H,22,25)(H,23,24). The van der Waals surface area contributed by atoms with Gasteiger partial charge in [0, 0.05) is 48.4 Å². The van der Waals surface area contributed by atoms with Crippen LogP contribution in [0.25, 0.3) is 11.0 Å². The molecule has 0 saturated heterocycles. The molecular weight excluding hydrogens is 353 g/mol. The number of aromatic amines is 1. The van der Waals surface area contributed by atoms with Crippen molar-refractivity contribution in [1.29, 1.82) is 0 Å². The Balaban J connectivity index is 1.52. The monoisotopic (exact) mass is 369 g/mol. The molecule has 1 aromatic carbocycles. The predicted molar refractivity (Wildman–Crippen MR) is 101 cm³/mol. The van der Waals surface area contributed by atoms with E-state index < -0.39 is 0 Å². The third kappa shape index (κ3) is 3.41. The minimum Gasteiger partial charge on any atom is -0.365 e. The Kier molecular flexibility index (Phi) is 4.34. The molecule has 0 aliphatic heterocycles. The van der Waals surface area contributed by atoms with E-state index in [-0.39, 0.29) is 5.82 Å². The van der Waals surface area contributed by atoms with Gasteiger partial charge in [0.1, 0.15) is 17.3 Å². The zero-order valence-electron chi connectivity index (χ0n) is 14.1. The minimum atomic E-state index is -0.341. The van der Waals surface area contributed by atoms with Gasteiger partial charge in [0.25, 0.3) is 0 Å². The third-order valence-electron chi connectivity index (χ3n) is 4.29. The number of nitrogens with zero attached hydrogens (tertiary/aromatic N) is 3. The fraction of sp³-hybridized carbons (Fsp3) is 0.158. The highest BCUT2D eigenvalue weighted by Crippen LogP contribution is 2.22. The van der Waals surface area contributed by atoms with Crippen LogP contribution < -0.4 is 5.32 Å². The molecule has 0 amide bonds. The van der Waals surface area contributed by atoms with Gasteiger partial charge >= 0.3 is 0 Å². The Labute approximate surface area is 154 Å². The molecule has 5 nitrogen and oxygen atoms in total. The molecule has 0 saturated carbocycles. The molecule has 0 aliphatic carbocycles. The van der Waals surface area contributed by atoms with Crippen molar-refractivity contribution in [2.24, 2.45) is 7.05 Å². The Bertz CT molecular complexity index is 1070. The summed E-state index contributed by atoms with van der Waals surface area (Å²) in [6.07, 6.45) is 3.71. The van der Waals surface area contributed by atoms with Gasteiger partial charge in [-0.1, -0.05) is 23.7 Å². The zero-order valence-corrected chi connectivity index (χ0v) is 14.9. The highest BCUT2D eigenvalue weighted by Gasteiger charge is 2.11. The van der Waals surface area contributed by atoms with Crippen LogP contribution in [0.5, 0.6) is 0 Å². The van der Waals surface area contributed by atoms with E-state index in [4.69, 9.17) is 11.6 Å². The molecule has 0 fully saturated rings. The average Bonchev–Trinajstić information content (AvgIpc) is 3.17. The number of nitrogens with one attached hydrogen (secondary N) is 2. The van der Waals surface area contributed by atoms with Gasteiger partial charge in [0.15, 0.2) is 0 Å². The molecule has 4 rings (SSSR count). The molecule has 7 heteroatoms. The van der Waals surface area contributed by atoms with Crippen molar-refractivity contribution in [1.82, 2.24) is 19.7 Å². The number of anilines is 1. The van der Waals surface area contributed by atoms with Gasteiger partial charge in [-0.25, -0.2) is 9.37 Å². The van der Waals surface area contributed by atoms with Crippen molar-refractivity contribution >= 4 is 28.5 Å². The van der Waals surface area contributed by atoms with E-state index in [1.807, 2.05) is 48.3 Å². The summed E-state index contributed by atoms with van der Waals surface area (Å²) in [6, 6.07) is 11.2. The van der Waals surface area contributed by atoms with Gasteiger partial charge in [-0.05, 0) is 29.3 Å². The molecule has 3 heterocycles. The third-order valence-corrected chi connectivity index (χ3v) is 4.53. The van der Waals surface area contributed by atoms with E-state index in [0.717, 1.165) is 28.0 Å². The second-order valence-corrected chi connectivity index (χ2v) is 6.60. The Morgan fingerprint density at radius 3 is 3.00 bits per heavy atom. The molecule has 0 spiro atoms. The summed E-state index contributed by atoms with van der Waals surface area (Å²) in [6.45, 7) is 0.638. The smallest absolute Gasteiger partial charge is 0.148 e. The van der Waals surface area contributed by atoms with Crippen LogP contribution in [0.4, 0.5) is 10.2 Å². The summed E-state index contributed by atoms with van der Waals surface area (Å²) in [5, 5.41) is 9.31. The number of fused-ring (bicyclic) bond motifs is 1. The highest BCUT2D eigenvalue weighted by molar-refractivity contribution is 6.30. The molecule has 0 radical (unpaired) electrons. The van der Waals surface area contributed by atoms with Crippen molar-refractivity contribution < 1.29 is 4.39 Å². The van der Waals surface area contributed by atoms with Crippen molar-refractivity contribution in [3.8, 4) is 0 Å². The summed E-state index contributed by atoms with van der Waals surface area (Å²) in [7, 11) is 1.90. The Hall–Kier alpha value is -2.86. The second-order valence-electron chi connectivity index (χ2n) is 6.17. The van der Waals surface area contributed by atoms with E-state index in [1.165, 1.54) is 12.3 Å². The first-order valence-electron chi connectivity index (χ1n) is 8.21. The first-order chi connectivity index (χ1) is 12.6. The van der Waals surface area contributed by atoms with E-state index in [1.54, 1.807) is 0 Å². The second kappa shape index (κ2) is 6.80.